The number of aryl methyl sites for hydroxylation is 1. The third kappa shape index (κ3) is 2.89. The Morgan fingerprint density at radius 3 is 2.33 bits per heavy atom. The summed E-state index contributed by atoms with van der Waals surface area (Å²) in [5.74, 6) is 2.25. The Kier molecular flexibility index (Phi) is 3.60. The number of hydrogen-bond donors (Lipinski definition) is 0. The minimum Gasteiger partial charge on any atom is -0.497 e. The monoisotopic (exact) mass is 280 g/mol. The molecule has 0 saturated carbocycles. The van der Waals surface area contributed by atoms with Gasteiger partial charge in [0.2, 0.25) is 0 Å². The van der Waals surface area contributed by atoms with Crippen molar-refractivity contribution < 1.29 is 9.47 Å². The van der Waals surface area contributed by atoms with Crippen molar-refractivity contribution >= 4 is 0 Å². The molecular formula is C17H16N2O2. The van der Waals surface area contributed by atoms with Gasteiger partial charge < -0.3 is 9.47 Å². The molecule has 0 unspecified atom stereocenters. The van der Waals surface area contributed by atoms with E-state index in [4.69, 9.17) is 9.47 Å². The Labute approximate surface area is 123 Å². The van der Waals surface area contributed by atoms with Gasteiger partial charge in [-0.1, -0.05) is 18.2 Å². The highest BCUT2D eigenvalue weighted by Crippen LogP contribution is 2.24. The van der Waals surface area contributed by atoms with Gasteiger partial charge in [0.25, 0.3) is 0 Å². The molecule has 3 rings (SSSR count). The summed E-state index contributed by atoms with van der Waals surface area (Å²) < 4.78 is 12.7. The maximum Gasteiger partial charge on any atom is 0.165 e. The first-order chi connectivity index (χ1) is 10.3. The maximum absolute atomic E-state index is 5.78. The molecule has 0 atom stereocenters. The second kappa shape index (κ2) is 5.71. The molecule has 2 aromatic carbocycles. The Hall–Kier alpha value is -2.75. The predicted molar refractivity (Wildman–Crippen MR) is 81.4 cm³/mol. The lowest BCUT2D eigenvalue weighted by Gasteiger charge is -2.05. The molecule has 0 fully saturated rings. The van der Waals surface area contributed by atoms with E-state index in [1.807, 2.05) is 53.3 Å². The summed E-state index contributed by atoms with van der Waals surface area (Å²) >= 11 is 0. The zero-order chi connectivity index (χ0) is 14.7. The summed E-state index contributed by atoms with van der Waals surface area (Å²) in [7, 11) is 1.64. The molecule has 0 saturated heterocycles. The number of hydrogen-bond acceptors (Lipinski definition) is 3. The molecule has 0 aliphatic heterocycles. The van der Waals surface area contributed by atoms with E-state index in [2.05, 4.69) is 18.1 Å². The Morgan fingerprint density at radius 1 is 0.905 bits per heavy atom. The summed E-state index contributed by atoms with van der Waals surface area (Å²) in [6.07, 6.45) is 3.57. The van der Waals surface area contributed by atoms with Crippen molar-refractivity contribution in [3.63, 3.8) is 0 Å². The fraction of sp³-hybridized carbons (Fsp3) is 0.118. The van der Waals surface area contributed by atoms with Gasteiger partial charge >= 0.3 is 0 Å². The molecule has 0 amide bonds. The van der Waals surface area contributed by atoms with Crippen molar-refractivity contribution in [1.29, 1.82) is 0 Å². The zero-order valence-electron chi connectivity index (χ0n) is 12.0. The van der Waals surface area contributed by atoms with Crippen LogP contribution < -0.4 is 9.47 Å². The molecule has 1 aromatic heterocycles. The number of para-hydroxylation sites is 1. The van der Waals surface area contributed by atoms with Gasteiger partial charge in [-0.25, -0.2) is 4.68 Å². The van der Waals surface area contributed by atoms with Crippen molar-refractivity contribution in [2.24, 2.45) is 0 Å². The van der Waals surface area contributed by atoms with Gasteiger partial charge in [0.05, 0.1) is 25.2 Å². The molecule has 4 nitrogen and oxygen atoms in total. The number of benzene rings is 2. The van der Waals surface area contributed by atoms with Crippen LogP contribution in [0.4, 0.5) is 0 Å². The maximum atomic E-state index is 5.78. The van der Waals surface area contributed by atoms with Crippen LogP contribution >= 0.6 is 0 Å². The van der Waals surface area contributed by atoms with E-state index in [0.29, 0.717) is 5.75 Å². The topological polar surface area (TPSA) is 36.3 Å². The smallest absolute Gasteiger partial charge is 0.165 e. The molecule has 0 spiro atoms. The second-order valence-electron chi connectivity index (χ2n) is 4.68. The lowest BCUT2D eigenvalue weighted by Crippen LogP contribution is -1.96. The van der Waals surface area contributed by atoms with Crippen LogP contribution in [-0.4, -0.2) is 16.9 Å². The predicted octanol–water partition coefficient (Wildman–Crippen LogP) is 3.98. The van der Waals surface area contributed by atoms with Gasteiger partial charge in [0, 0.05) is 0 Å². The summed E-state index contributed by atoms with van der Waals surface area (Å²) in [4.78, 5) is 0. The first kappa shape index (κ1) is 13.2. The van der Waals surface area contributed by atoms with Crippen molar-refractivity contribution in [3.8, 4) is 22.9 Å². The van der Waals surface area contributed by atoms with E-state index < -0.39 is 0 Å². The van der Waals surface area contributed by atoms with Gasteiger partial charge in [-0.2, -0.15) is 5.10 Å². The number of nitrogens with zero attached hydrogens (tertiary/aromatic N) is 2. The third-order valence-corrected chi connectivity index (χ3v) is 3.22. The highest BCUT2D eigenvalue weighted by Gasteiger charge is 2.05. The van der Waals surface area contributed by atoms with Crippen LogP contribution in [0.5, 0.6) is 17.2 Å². The molecule has 21 heavy (non-hydrogen) atoms. The van der Waals surface area contributed by atoms with E-state index in [1.165, 1.54) is 0 Å². The first-order valence-corrected chi connectivity index (χ1v) is 6.69. The lowest BCUT2D eigenvalue weighted by molar-refractivity contribution is 0.413. The standard InChI is InChI=1S/C17H16N2O2/c1-13-5-3-4-6-17(13)19-12-16(11-18-19)21-15-9-7-14(20-2)8-10-15/h3-12H,1-2H3. The summed E-state index contributed by atoms with van der Waals surface area (Å²) in [5, 5.41) is 4.34. The van der Waals surface area contributed by atoms with E-state index in [0.717, 1.165) is 22.7 Å². The number of rotatable bonds is 4. The molecule has 0 aliphatic carbocycles. The molecule has 0 N–H and O–H groups in total. The van der Waals surface area contributed by atoms with Gasteiger partial charge in [0.1, 0.15) is 11.5 Å². The van der Waals surface area contributed by atoms with Crippen molar-refractivity contribution in [2.45, 2.75) is 6.92 Å². The summed E-state index contributed by atoms with van der Waals surface area (Å²) in [5.41, 5.74) is 2.21. The molecule has 0 aliphatic rings. The Balaban J connectivity index is 1.80. The van der Waals surface area contributed by atoms with Crippen molar-refractivity contribution in [3.05, 3.63) is 66.5 Å². The van der Waals surface area contributed by atoms with E-state index in [1.54, 1.807) is 13.3 Å². The van der Waals surface area contributed by atoms with Crippen molar-refractivity contribution in [1.82, 2.24) is 9.78 Å². The Morgan fingerprint density at radius 2 is 1.62 bits per heavy atom. The van der Waals surface area contributed by atoms with Crippen LogP contribution in [0.25, 0.3) is 5.69 Å². The number of ether oxygens (including phenoxy) is 2. The highest BCUT2D eigenvalue weighted by atomic mass is 16.5. The quantitative estimate of drug-likeness (QED) is 0.725. The Bertz CT molecular complexity index is 733. The van der Waals surface area contributed by atoms with Crippen LogP contribution in [0.1, 0.15) is 5.56 Å². The van der Waals surface area contributed by atoms with Crippen LogP contribution in [0, 0.1) is 6.92 Å². The summed E-state index contributed by atoms with van der Waals surface area (Å²) in [6, 6.07) is 15.5. The van der Waals surface area contributed by atoms with Crippen LogP contribution in [0.3, 0.4) is 0 Å². The van der Waals surface area contributed by atoms with E-state index in [-0.39, 0.29) is 0 Å². The van der Waals surface area contributed by atoms with Gasteiger partial charge in [-0.15, -0.1) is 0 Å². The van der Waals surface area contributed by atoms with Crippen LogP contribution in [-0.2, 0) is 0 Å². The zero-order valence-corrected chi connectivity index (χ0v) is 12.0. The first-order valence-electron chi connectivity index (χ1n) is 6.69. The molecule has 4 heteroatoms. The highest BCUT2D eigenvalue weighted by molar-refractivity contribution is 5.41. The molecule has 0 radical (unpaired) electrons. The van der Waals surface area contributed by atoms with Gasteiger partial charge in [-0.3, -0.25) is 0 Å². The van der Waals surface area contributed by atoms with Crippen LogP contribution in [0.2, 0.25) is 0 Å². The molecule has 3 aromatic rings. The lowest BCUT2D eigenvalue weighted by atomic mass is 10.2. The number of aromatic nitrogens is 2. The van der Waals surface area contributed by atoms with Gasteiger partial charge in [-0.05, 0) is 42.8 Å². The largest absolute Gasteiger partial charge is 0.497 e. The van der Waals surface area contributed by atoms with Gasteiger partial charge in [0.15, 0.2) is 5.75 Å². The van der Waals surface area contributed by atoms with E-state index in [9.17, 15) is 0 Å². The average molecular weight is 280 g/mol. The van der Waals surface area contributed by atoms with Crippen molar-refractivity contribution in [2.75, 3.05) is 7.11 Å². The molecule has 1 heterocycles. The minimum absolute atomic E-state index is 0.698. The SMILES string of the molecule is COc1ccc(Oc2cnn(-c3ccccc3C)c2)cc1. The molecular weight excluding hydrogens is 264 g/mol. The van der Waals surface area contributed by atoms with E-state index >= 15 is 0 Å². The summed E-state index contributed by atoms with van der Waals surface area (Å²) in [6.45, 7) is 2.06. The third-order valence-electron chi connectivity index (χ3n) is 3.22. The second-order valence-corrected chi connectivity index (χ2v) is 4.68. The normalized spacial score (nSPS) is 10.4. The fourth-order valence-electron chi connectivity index (χ4n) is 2.09. The average Bonchev–Trinajstić information content (AvgIpc) is 2.97. The minimum atomic E-state index is 0.698. The van der Waals surface area contributed by atoms with Crippen LogP contribution in [0.15, 0.2) is 60.9 Å². The fourth-order valence-corrected chi connectivity index (χ4v) is 2.09. The molecule has 106 valence electrons. The number of methoxy groups -OCH3 is 1. The molecule has 0 bridgehead atoms.